The zero-order valence-electron chi connectivity index (χ0n) is 14.6. The summed E-state index contributed by atoms with van der Waals surface area (Å²) in [6.07, 6.45) is 3.16. The van der Waals surface area contributed by atoms with E-state index in [0.717, 1.165) is 8.47 Å². The first-order valence-electron chi connectivity index (χ1n) is 7.93. The third kappa shape index (κ3) is 4.80. The smallest absolute Gasteiger partial charge is 0.191 e. The zero-order chi connectivity index (χ0) is 19.2. The normalized spacial score (nSPS) is 16.5. The first kappa shape index (κ1) is 19.7. The van der Waals surface area contributed by atoms with Gasteiger partial charge in [-0.05, 0) is 45.9 Å². The van der Waals surface area contributed by atoms with Crippen LogP contribution in [0.15, 0.2) is 69.2 Å². The minimum absolute atomic E-state index is 0.125. The molecular weight excluding hydrogens is 400 g/mol. The topological polar surface area (TPSA) is 52.6 Å². The molecule has 2 aromatic rings. The molecule has 0 aliphatic carbocycles. The summed E-state index contributed by atoms with van der Waals surface area (Å²) in [6.45, 7) is 0. The first-order valence-corrected chi connectivity index (χ1v) is 10.9. The van der Waals surface area contributed by atoms with Crippen LogP contribution in [-0.2, 0) is 0 Å². The van der Waals surface area contributed by atoms with Crippen molar-refractivity contribution in [2.45, 2.75) is 0 Å². The van der Waals surface area contributed by atoms with Crippen molar-refractivity contribution in [3.05, 3.63) is 80.3 Å². The van der Waals surface area contributed by atoms with Gasteiger partial charge in [0.05, 0.1) is 33.8 Å². The summed E-state index contributed by atoms with van der Waals surface area (Å²) in [6, 6.07) is 14.2. The van der Waals surface area contributed by atoms with E-state index in [2.05, 4.69) is 0 Å². The van der Waals surface area contributed by atoms with Crippen LogP contribution in [0.1, 0.15) is 20.7 Å². The van der Waals surface area contributed by atoms with Crippen LogP contribution in [0.5, 0.6) is 11.5 Å². The highest BCUT2D eigenvalue weighted by molar-refractivity contribution is 8.86. The van der Waals surface area contributed by atoms with Crippen LogP contribution in [0.3, 0.4) is 0 Å². The van der Waals surface area contributed by atoms with E-state index in [1.807, 2.05) is 12.1 Å². The SMILES string of the molecule is COc1ccccc1C(=O)/C=C1\SS/C(=C/C(=O)c2ccccc2OC)S1. The largest absolute Gasteiger partial charge is 0.496 e. The highest BCUT2D eigenvalue weighted by Gasteiger charge is 2.20. The second-order valence-corrected chi connectivity index (χ2v) is 9.14. The maximum absolute atomic E-state index is 12.5. The number of carbonyl (C=O) groups is 2. The minimum Gasteiger partial charge on any atom is -0.496 e. The van der Waals surface area contributed by atoms with E-state index < -0.39 is 0 Å². The lowest BCUT2D eigenvalue weighted by Crippen LogP contribution is -1.99. The molecule has 138 valence electrons. The summed E-state index contributed by atoms with van der Waals surface area (Å²) in [5, 5.41) is 0. The molecule has 0 atom stereocenters. The van der Waals surface area contributed by atoms with Crippen molar-refractivity contribution in [1.29, 1.82) is 0 Å². The van der Waals surface area contributed by atoms with Crippen molar-refractivity contribution < 1.29 is 19.1 Å². The molecule has 7 heteroatoms. The molecule has 3 rings (SSSR count). The first-order chi connectivity index (χ1) is 13.1. The Labute approximate surface area is 169 Å². The molecule has 2 aromatic carbocycles. The van der Waals surface area contributed by atoms with Gasteiger partial charge in [0.25, 0.3) is 0 Å². The van der Waals surface area contributed by atoms with Crippen LogP contribution >= 0.6 is 33.3 Å². The number of rotatable bonds is 6. The van der Waals surface area contributed by atoms with Crippen LogP contribution in [0.4, 0.5) is 0 Å². The molecule has 1 heterocycles. The molecule has 4 nitrogen and oxygen atoms in total. The lowest BCUT2D eigenvalue weighted by Gasteiger charge is -2.05. The van der Waals surface area contributed by atoms with E-state index in [9.17, 15) is 9.59 Å². The van der Waals surface area contributed by atoms with Gasteiger partial charge < -0.3 is 9.47 Å². The van der Waals surface area contributed by atoms with Gasteiger partial charge in [0.15, 0.2) is 11.6 Å². The molecule has 1 saturated heterocycles. The fourth-order valence-corrected chi connectivity index (χ4v) is 6.37. The molecule has 1 aliphatic rings. The van der Waals surface area contributed by atoms with Crippen molar-refractivity contribution in [2.24, 2.45) is 0 Å². The summed E-state index contributed by atoms with van der Waals surface area (Å²) in [7, 11) is 6.00. The molecule has 1 fully saturated rings. The zero-order valence-corrected chi connectivity index (χ0v) is 17.1. The Morgan fingerprint density at radius 2 is 1.15 bits per heavy atom. The van der Waals surface area contributed by atoms with Gasteiger partial charge in [0.1, 0.15) is 11.5 Å². The molecule has 0 bridgehead atoms. The van der Waals surface area contributed by atoms with Gasteiger partial charge in [-0.2, -0.15) is 0 Å². The van der Waals surface area contributed by atoms with E-state index in [1.165, 1.54) is 33.3 Å². The number of carbonyl (C=O) groups excluding carboxylic acids is 2. The van der Waals surface area contributed by atoms with Crippen LogP contribution in [0.25, 0.3) is 0 Å². The third-order valence-corrected chi connectivity index (χ3v) is 7.90. The quantitative estimate of drug-likeness (QED) is 0.346. The number of hydrogen-bond acceptors (Lipinski definition) is 7. The van der Waals surface area contributed by atoms with Crippen molar-refractivity contribution in [3.63, 3.8) is 0 Å². The molecule has 0 N–H and O–H groups in total. The highest BCUT2D eigenvalue weighted by Crippen LogP contribution is 2.57. The summed E-state index contributed by atoms with van der Waals surface area (Å²) in [5.41, 5.74) is 1.03. The fourth-order valence-electron chi connectivity index (χ4n) is 2.39. The molecule has 0 radical (unpaired) electrons. The monoisotopic (exact) mass is 416 g/mol. The standard InChI is InChI=1S/C20H16O4S3/c1-23-17-9-5-3-7-13(17)15(21)11-19-25-20(27-26-19)12-16(22)14-8-4-6-10-18(14)24-2/h3-12H,1-2H3/b19-11-,20-12+. The highest BCUT2D eigenvalue weighted by atomic mass is 33.1. The Morgan fingerprint density at radius 3 is 1.56 bits per heavy atom. The van der Waals surface area contributed by atoms with Crippen molar-refractivity contribution in [1.82, 2.24) is 0 Å². The average Bonchev–Trinajstić information content (AvgIpc) is 3.14. The van der Waals surface area contributed by atoms with Crippen LogP contribution < -0.4 is 9.47 Å². The van der Waals surface area contributed by atoms with Crippen molar-refractivity contribution >= 4 is 44.9 Å². The molecular formula is C20H16O4S3. The van der Waals surface area contributed by atoms with Gasteiger partial charge >= 0.3 is 0 Å². The Morgan fingerprint density at radius 1 is 0.741 bits per heavy atom. The van der Waals surface area contributed by atoms with E-state index >= 15 is 0 Å². The number of hydrogen-bond donors (Lipinski definition) is 0. The third-order valence-electron chi connectivity index (χ3n) is 3.65. The Hall–Kier alpha value is -2.09. The number of allylic oxidation sites excluding steroid dienone is 2. The molecule has 0 unspecified atom stereocenters. The lowest BCUT2D eigenvalue weighted by molar-refractivity contribution is 0.103. The summed E-state index contributed by atoms with van der Waals surface area (Å²) < 4.78 is 12.1. The predicted octanol–water partition coefficient (Wildman–Crippen LogP) is 5.58. The average molecular weight is 417 g/mol. The van der Waals surface area contributed by atoms with Gasteiger partial charge in [-0.25, -0.2) is 0 Å². The molecule has 0 spiro atoms. The van der Waals surface area contributed by atoms with Crippen LogP contribution in [0.2, 0.25) is 0 Å². The second kappa shape index (κ2) is 9.21. The van der Waals surface area contributed by atoms with Gasteiger partial charge in [-0.3, -0.25) is 9.59 Å². The molecule has 1 aliphatic heterocycles. The number of para-hydroxylation sites is 2. The summed E-state index contributed by atoms with van der Waals surface area (Å²) in [5.74, 6) is 0.838. The maximum Gasteiger partial charge on any atom is 0.191 e. The number of methoxy groups -OCH3 is 2. The van der Waals surface area contributed by atoms with Crippen LogP contribution in [0, 0.1) is 0 Å². The molecule has 0 amide bonds. The number of benzene rings is 2. The molecule has 27 heavy (non-hydrogen) atoms. The second-order valence-electron chi connectivity index (χ2n) is 5.32. The molecule has 0 aromatic heterocycles. The van der Waals surface area contributed by atoms with Gasteiger partial charge in [0, 0.05) is 12.2 Å². The maximum atomic E-state index is 12.5. The number of thioether (sulfide) groups is 1. The summed E-state index contributed by atoms with van der Waals surface area (Å²) in [4.78, 5) is 25.0. The van der Waals surface area contributed by atoms with E-state index in [-0.39, 0.29) is 11.6 Å². The van der Waals surface area contributed by atoms with E-state index in [0.29, 0.717) is 22.6 Å². The van der Waals surface area contributed by atoms with Crippen LogP contribution in [-0.4, -0.2) is 25.8 Å². The summed E-state index contributed by atoms with van der Waals surface area (Å²) >= 11 is 1.41. The van der Waals surface area contributed by atoms with Gasteiger partial charge in [-0.15, -0.1) is 0 Å². The Balaban J connectivity index is 1.74. The number of ketones is 2. The van der Waals surface area contributed by atoms with E-state index in [4.69, 9.17) is 9.47 Å². The molecule has 0 saturated carbocycles. The van der Waals surface area contributed by atoms with E-state index in [1.54, 1.807) is 62.8 Å². The fraction of sp³-hybridized carbons (Fsp3) is 0.100. The Kier molecular flexibility index (Phi) is 6.71. The Bertz CT molecular complexity index is 859. The van der Waals surface area contributed by atoms with Crippen molar-refractivity contribution in [2.75, 3.05) is 14.2 Å². The van der Waals surface area contributed by atoms with Crippen molar-refractivity contribution in [3.8, 4) is 11.5 Å². The number of ether oxygens (including phenoxy) is 2. The minimum atomic E-state index is -0.125. The van der Waals surface area contributed by atoms with Gasteiger partial charge in [-0.1, -0.05) is 36.0 Å². The van der Waals surface area contributed by atoms with Gasteiger partial charge in [0.2, 0.25) is 0 Å². The lowest BCUT2D eigenvalue weighted by atomic mass is 10.1. The predicted molar refractivity (Wildman–Crippen MR) is 114 cm³/mol.